The lowest BCUT2D eigenvalue weighted by atomic mass is 10.2. The molecule has 1 atom stereocenters. The van der Waals surface area contributed by atoms with Crippen molar-refractivity contribution < 1.29 is 19.1 Å². The van der Waals surface area contributed by atoms with Crippen molar-refractivity contribution in [1.82, 2.24) is 4.90 Å². The molecule has 1 heterocycles. The van der Waals surface area contributed by atoms with Gasteiger partial charge in [0.25, 0.3) is 0 Å². The zero-order chi connectivity index (χ0) is 11.4. The van der Waals surface area contributed by atoms with Crippen LogP contribution in [0.3, 0.4) is 0 Å². The zero-order valence-electron chi connectivity index (χ0n) is 8.99. The standard InChI is InChI=1S/C10H15NO4/c1-3-15-10(14)6-7(2)11-8(12)4-5-9(11)13/h7H,3-6H2,1-2H3/t7-/m1/s1. The Bertz CT molecular complexity index is 271. The van der Waals surface area contributed by atoms with Crippen molar-refractivity contribution in [3.63, 3.8) is 0 Å². The zero-order valence-corrected chi connectivity index (χ0v) is 8.99. The van der Waals surface area contributed by atoms with Crippen molar-refractivity contribution in [3.8, 4) is 0 Å². The highest BCUT2D eigenvalue weighted by atomic mass is 16.5. The quantitative estimate of drug-likeness (QED) is 0.503. The lowest BCUT2D eigenvalue weighted by Crippen LogP contribution is -2.39. The van der Waals surface area contributed by atoms with Gasteiger partial charge in [0.15, 0.2) is 0 Å². The third kappa shape index (κ3) is 2.78. The molecule has 1 aliphatic rings. The van der Waals surface area contributed by atoms with Crippen molar-refractivity contribution in [2.24, 2.45) is 0 Å². The summed E-state index contributed by atoms with van der Waals surface area (Å²) in [6.07, 6.45) is 0.587. The first-order valence-electron chi connectivity index (χ1n) is 5.06. The largest absolute Gasteiger partial charge is 0.466 e. The number of carbonyl (C=O) groups excluding carboxylic acids is 3. The first-order valence-corrected chi connectivity index (χ1v) is 5.06. The van der Waals surface area contributed by atoms with E-state index in [1.807, 2.05) is 0 Å². The monoisotopic (exact) mass is 213 g/mol. The molecule has 5 nitrogen and oxygen atoms in total. The van der Waals surface area contributed by atoms with Gasteiger partial charge in [0.05, 0.1) is 13.0 Å². The number of esters is 1. The van der Waals surface area contributed by atoms with E-state index in [-0.39, 0.29) is 37.0 Å². The second kappa shape index (κ2) is 4.91. The predicted molar refractivity (Wildman–Crippen MR) is 51.8 cm³/mol. The number of imide groups is 1. The van der Waals surface area contributed by atoms with Gasteiger partial charge in [-0.15, -0.1) is 0 Å². The van der Waals surface area contributed by atoms with E-state index in [4.69, 9.17) is 4.74 Å². The van der Waals surface area contributed by atoms with E-state index in [1.54, 1.807) is 13.8 Å². The van der Waals surface area contributed by atoms with Crippen LogP contribution in [0.2, 0.25) is 0 Å². The molecule has 0 radical (unpaired) electrons. The number of rotatable bonds is 4. The second-order valence-electron chi connectivity index (χ2n) is 3.52. The predicted octanol–water partition coefficient (Wildman–Crippen LogP) is 0.477. The van der Waals surface area contributed by atoms with Crippen molar-refractivity contribution >= 4 is 17.8 Å². The summed E-state index contributed by atoms with van der Waals surface area (Å²) in [5.41, 5.74) is 0. The minimum atomic E-state index is -0.397. The topological polar surface area (TPSA) is 63.7 Å². The highest BCUT2D eigenvalue weighted by Gasteiger charge is 2.33. The SMILES string of the molecule is CCOC(=O)C[C@@H](C)N1C(=O)CCC1=O. The van der Waals surface area contributed by atoms with Crippen LogP contribution >= 0.6 is 0 Å². The van der Waals surface area contributed by atoms with E-state index < -0.39 is 6.04 Å². The van der Waals surface area contributed by atoms with E-state index in [0.29, 0.717) is 6.61 Å². The Morgan fingerprint density at radius 3 is 2.40 bits per heavy atom. The van der Waals surface area contributed by atoms with Crippen LogP contribution < -0.4 is 0 Å². The van der Waals surface area contributed by atoms with Gasteiger partial charge < -0.3 is 4.74 Å². The third-order valence-corrected chi connectivity index (χ3v) is 2.30. The molecule has 1 fully saturated rings. The fourth-order valence-electron chi connectivity index (χ4n) is 1.64. The molecule has 0 N–H and O–H groups in total. The van der Waals surface area contributed by atoms with Gasteiger partial charge in [0, 0.05) is 18.9 Å². The lowest BCUT2D eigenvalue weighted by molar-refractivity contribution is -0.147. The fourth-order valence-corrected chi connectivity index (χ4v) is 1.64. The summed E-state index contributed by atoms with van der Waals surface area (Å²) in [4.78, 5) is 35.0. The number of nitrogens with zero attached hydrogens (tertiary/aromatic N) is 1. The smallest absolute Gasteiger partial charge is 0.307 e. The van der Waals surface area contributed by atoms with Crippen LogP contribution in [0.4, 0.5) is 0 Å². The molecule has 84 valence electrons. The summed E-state index contributed by atoms with van der Waals surface area (Å²) < 4.78 is 4.75. The van der Waals surface area contributed by atoms with E-state index in [1.165, 1.54) is 0 Å². The maximum Gasteiger partial charge on any atom is 0.307 e. The summed E-state index contributed by atoms with van der Waals surface area (Å²) in [7, 11) is 0. The molecule has 15 heavy (non-hydrogen) atoms. The van der Waals surface area contributed by atoms with Gasteiger partial charge in [-0.3, -0.25) is 19.3 Å². The first-order chi connectivity index (χ1) is 7.06. The molecular formula is C10H15NO4. The minimum absolute atomic E-state index is 0.0747. The van der Waals surface area contributed by atoms with Crippen LogP contribution in [0.5, 0.6) is 0 Å². The molecule has 1 rings (SSSR count). The summed E-state index contributed by atoms with van der Waals surface area (Å²) >= 11 is 0. The van der Waals surface area contributed by atoms with Crippen LogP contribution in [0, 0.1) is 0 Å². The number of carbonyl (C=O) groups is 3. The van der Waals surface area contributed by atoms with E-state index in [9.17, 15) is 14.4 Å². The highest BCUT2D eigenvalue weighted by Crippen LogP contribution is 2.17. The van der Waals surface area contributed by atoms with Gasteiger partial charge in [-0.05, 0) is 13.8 Å². The summed E-state index contributed by atoms with van der Waals surface area (Å²) in [5, 5.41) is 0. The molecule has 0 saturated carbocycles. The molecular weight excluding hydrogens is 198 g/mol. The van der Waals surface area contributed by atoms with Gasteiger partial charge in [-0.2, -0.15) is 0 Å². The van der Waals surface area contributed by atoms with Crippen LogP contribution in [-0.2, 0) is 19.1 Å². The number of likely N-dealkylation sites (tertiary alicyclic amines) is 1. The van der Waals surface area contributed by atoms with Crippen LogP contribution in [-0.4, -0.2) is 35.3 Å². The Labute approximate surface area is 88.4 Å². The van der Waals surface area contributed by atoms with Gasteiger partial charge in [-0.1, -0.05) is 0 Å². The molecule has 0 aromatic heterocycles. The van der Waals surface area contributed by atoms with Crippen molar-refractivity contribution in [1.29, 1.82) is 0 Å². The molecule has 5 heteroatoms. The normalized spacial score (nSPS) is 18.1. The number of ether oxygens (including phenoxy) is 1. The number of hydrogen-bond donors (Lipinski definition) is 0. The van der Waals surface area contributed by atoms with Gasteiger partial charge in [0.2, 0.25) is 11.8 Å². The van der Waals surface area contributed by atoms with E-state index in [0.717, 1.165) is 4.90 Å². The molecule has 0 unspecified atom stereocenters. The summed E-state index contributed by atoms with van der Waals surface area (Å²) in [6, 6.07) is -0.397. The van der Waals surface area contributed by atoms with Gasteiger partial charge >= 0.3 is 5.97 Å². The number of hydrogen-bond acceptors (Lipinski definition) is 4. The molecule has 1 aliphatic heterocycles. The Morgan fingerprint density at radius 2 is 1.93 bits per heavy atom. The molecule has 0 aliphatic carbocycles. The van der Waals surface area contributed by atoms with Crippen molar-refractivity contribution in [2.45, 2.75) is 39.2 Å². The Balaban J connectivity index is 2.52. The van der Waals surface area contributed by atoms with Crippen molar-refractivity contribution in [2.75, 3.05) is 6.61 Å². The van der Waals surface area contributed by atoms with Gasteiger partial charge in [0.1, 0.15) is 0 Å². The molecule has 1 saturated heterocycles. The number of amides is 2. The maximum atomic E-state index is 11.3. The summed E-state index contributed by atoms with van der Waals surface area (Å²) in [5.74, 6) is -0.772. The van der Waals surface area contributed by atoms with Crippen LogP contribution in [0.15, 0.2) is 0 Å². The highest BCUT2D eigenvalue weighted by molar-refractivity contribution is 6.02. The maximum absolute atomic E-state index is 11.3. The Kier molecular flexibility index (Phi) is 3.82. The molecule has 0 aromatic rings. The first kappa shape index (κ1) is 11.7. The summed E-state index contributed by atoms with van der Waals surface area (Å²) in [6.45, 7) is 3.71. The second-order valence-corrected chi connectivity index (χ2v) is 3.52. The minimum Gasteiger partial charge on any atom is -0.466 e. The molecule has 0 spiro atoms. The van der Waals surface area contributed by atoms with E-state index in [2.05, 4.69) is 0 Å². The van der Waals surface area contributed by atoms with Crippen LogP contribution in [0.25, 0.3) is 0 Å². The lowest BCUT2D eigenvalue weighted by Gasteiger charge is -2.21. The molecule has 0 bridgehead atoms. The van der Waals surface area contributed by atoms with Crippen LogP contribution in [0.1, 0.15) is 33.1 Å². The Morgan fingerprint density at radius 1 is 1.40 bits per heavy atom. The third-order valence-electron chi connectivity index (χ3n) is 2.30. The van der Waals surface area contributed by atoms with Gasteiger partial charge in [-0.25, -0.2) is 0 Å². The molecule has 2 amide bonds. The fraction of sp³-hybridized carbons (Fsp3) is 0.700. The Hall–Kier alpha value is -1.39. The van der Waals surface area contributed by atoms with E-state index >= 15 is 0 Å². The molecule has 0 aromatic carbocycles. The average molecular weight is 213 g/mol. The van der Waals surface area contributed by atoms with Crippen molar-refractivity contribution in [3.05, 3.63) is 0 Å². The average Bonchev–Trinajstić information content (AvgIpc) is 2.46.